The number of alkyl carbamates (subject to hydrolysis) is 1. The third kappa shape index (κ3) is 28.4. The Balaban J connectivity index is 2.00. The van der Waals surface area contributed by atoms with E-state index in [0.717, 1.165) is 36.5 Å². The number of hydrogen-bond donors (Lipinski definition) is 1. The molecule has 0 radical (unpaired) electrons. The van der Waals surface area contributed by atoms with Crippen LogP contribution in [0.1, 0.15) is 98.3 Å². The molecule has 31 heteroatoms. The van der Waals surface area contributed by atoms with Gasteiger partial charge in [0.2, 0.25) is 0 Å². The minimum Gasteiger partial charge on any atom is -0.465 e. The number of carbonyl (C=O) groups is 10. The first-order valence-corrected chi connectivity index (χ1v) is 27.7. The van der Waals surface area contributed by atoms with Crippen LogP contribution < -0.4 is 5.32 Å². The molecule has 2 fully saturated rings. The van der Waals surface area contributed by atoms with Gasteiger partial charge in [-0.3, -0.25) is 14.4 Å². The van der Waals surface area contributed by atoms with Gasteiger partial charge >= 0.3 is 84.3 Å². The first-order chi connectivity index (χ1) is 41.7. The molecule has 2 rings (SSSR count). The van der Waals surface area contributed by atoms with Crippen molar-refractivity contribution in [1.29, 1.82) is 0 Å². The van der Waals surface area contributed by atoms with E-state index in [1.807, 2.05) is 0 Å². The van der Waals surface area contributed by atoms with Gasteiger partial charge in [0.05, 0.1) is 12.8 Å². The molecule has 0 aliphatic heterocycles. The minimum absolute atomic E-state index is 0.0896. The van der Waals surface area contributed by atoms with Crippen LogP contribution in [0.25, 0.3) is 0 Å². The van der Waals surface area contributed by atoms with Gasteiger partial charge in [0.15, 0.2) is 13.2 Å². The van der Waals surface area contributed by atoms with Crippen molar-refractivity contribution < 1.29 is 140 Å². The zero-order valence-corrected chi connectivity index (χ0v) is 50.4. The normalized spacial score (nSPS) is 19.3. The van der Waals surface area contributed by atoms with Crippen LogP contribution in [0, 0.1) is 38.9 Å². The van der Waals surface area contributed by atoms with Gasteiger partial charge in [-0.2, -0.15) is 35.1 Å². The summed E-state index contributed by atoms with van der Waals surface area (Å²) in [5, 5.41) is 2.52. The molecule has 0 aromatic carbocycles. The van der Waals surface area contributed by atoms with Crippen LogP contribution in [0.15, 0.2) is 75.9 Å². The Morgan fingerprint density at radius 1 is 0.444 bits per heavy atom. The van der Waals surface area contributed by atoms with Crippen molar-refractivity contribution in [2.24, 2.45) is 38.9 Å². The molecule has 2 aliphatic rings. The predicted molar refractivity (Wildman–Crippen MR) is 294 cm³/mol. The van der Waals surface area contributed by atoms with E-state index in [9.17, 15) is 83.1 Å². The minimum atomic E-state index is -6.55. The maximum Gasteiger partial charge on any atom is 0.453 e. The largest absolute Gasteiger partial charge is 0.465 e. The smallest absolute Gasteiger partial charge is 0.453 e. The SMILES string of the molecule is C=CC(=O)OCC(COC(=O)C=C)(COC(=O)C=C)COC(=O)CCC1CCCC(C)(CC(=O)OCC(F)(F)OC(F)(F)C(F)(F)OC(F)(F)COC(=O)CC2(C)CC(CNC(=O)OCC(COC(=O)C=C)(COC(=O)C=C)COC(=O)C=C)CC(C)(C)C2)C1. The van der Waals surface area contributed by atoms with E-state index >= 15 is 0 Å². The van der Waals surface area contributed by atoms with Crippen molar-refractivity contribution >= 4 is 59.8 Å². The number of amides is 1. The van der Waals surface area contributed by atoms with Crippen LogP contribution in [0.5, 0.6) is 0 Å². The number of nitrogens with one attached hydrogen (secondary N) is 1. The number of hydrogen-bond acceptors (Lipinski definition) is 22. The second-order valence-electron chi connectivity index (χ2n) is 23.4. The van der Waals surface area contributed by atoms with E-state index in [1.54, 1.807) is 27.7 Å². The highest BCUT2D eigenvalue weighted by atomic mass is 19.3. The molecular weight excluding hydrogens is 1230 g/mol. The molecule has 1 N–H and O–H groups in total. The Morgan fingerprint density at radius 3 is 1.16 bits per heavy atom. The highest BCUT2D eigenvalue weighted by Gasteiger charge is 2.68. The topological polar surface area (TPSA) is 293 Å². The van der Waals surface area contributed by atoms with Crippen LogP contribution in [-0.4, -0.2) is 157 Å². The molecule has 506 valence electrons. The van der Waals surface area contributed by atoms with E-state index < -0.39 is 196 Å². The zero-order valence-electron chi connectivity index (χ0n) is 50.4. The van der Waals surface area contributed by atoms with Gasteiger partial charge in [0.1, 0.15) is 63.7 Å². The van der Waals surface area contributed by atoms with E-state index in [1.165, 1.54) is 0 Å². The number of esters is 9. The molecule has 4 atom stereocenters. The molecular formula is C59H77F8NO22. The van der Waals surface area contributed by atoms with Crippen LogP contribution >= 0.6 is 0 Å². The van der Waals surface area contributed by atoms with Crippen LogP contribution in [-0.2, 0) is 100.0 Å². The van der Waals surface area contributed by atoms with Crippen molar-refractivity contribution in [2.45, 2.75) is 123 Å². The number of alkyl halides is 8. The van der Waals surface area contributed by atoms with E-state index in [4.69, 9.17) is 37.9 Å². The monoisotopic (exact) mass is 1300 g/mol. The maximum atomic E-state index is 14.8. The lowest BCUT2D eigenvalue weighted by Crippen LogP contribution is -2.53. The van der Waals surface area contributed by atoms with Crippen LogP contribution in [0.3, 0.4) is 0 Å². The molecule has 0 aromatic rings. The van der Waals surface area contributed by atoms with Crippen molar-refractivity contribution in [3.8, 4) is 0 Å². The molecule has 0 aromatic heterocycles. The summed E-state index contributed by atoms with van der Waals surface area (Å²) in [6, 6.07) is 0. The summed E-state index contributed by atoms with van der Waals surface area (Å²) in [5.74, 6) is -10.0. The first-order valence-electron chi connectivity index (χ1n) is 27.7. The summed E-state index contributed by atoms with van der Waals surface area (Å²) >= 11 is 0. The second kappa shape index (κ2) is 34.5. The number of carbonyl (C=O) groups excluding carboxylic acids is 10. The number of rotatable bonds is 40. The molecule has 0 saturated heterocycles. The highest BCUT2D eigenvalue weighted by molar-refractivity contribution is 5.83. The fraction of sp³-hybridized carbons (Fsp3) is 0.627. The van der Waals surface area contributed by atoms with Gasteiger partial charge < -0.3 is 52.7 Å². The van der Waals surface area contributed by atoms with Gasteiger partial charge in [-0.1, -0.05) is 80.0 Å². The Kier molecular flexibility index (Phi) is 30.0. The molecule has 2 saturated carbocycles. The standard InChI is InChI=1S/C59H77F8NO22/c1-11-41(69)79-29-54(30-80-42(70)12-2,31-81-43(71)13-3)35-85-47(75)20-19-39-18-17-21-52(9,23-39)25-48(76)86-37-56(60,61)89-58(64,65)59(66,67)90-57(62,63)38-87-49(77)26-53(10)24-40(22-51(7,8)28-53)27-68-50(78)88-36-55(32-82-44(72)14-4,33-83-45(73)15-5)34-84-46(74)16-6/h11-16,39-40H,1-6,17-38H2,7-10H3,(H,68,78). The maximum absolute atomic E-state index is 14.8. The van der Waals surface area contributed by atoms with E-state index in [-0.39, 0.29) is 44.6 Å². The summed E-state index contributed by atoms with van der Waals surface area (Å²) < 4.78 is 173. The molecule has 1 amide bonds. The summed E-state index contributed by atoms with van der Waals surface area (Å²) in [5.41, 5.74) is -6.03. The molecule has 0 heterocycles. The number of ether oxygens (including phenoxy) is 12. The van der Waals surface area contributed by atoms with Gasteiger partial charge in [0.25, 0.3) is 0 Å². The Morgan fingerprint density at radius 2 is 0.778 bits per heavy atom. The zero-order chi connectivity index (χ0) is 68.4. The first kappa shape index (κ1) is 78.4. The summed E-state index contributed by atoms with van der Waals surface area (Å²) in [4.78, 5) is 123. The Hall–Kier alpha value is -7.70. The van der Waals surface area contributed by atoms with E-state index in [0.29, 0.717) is 25.7 Å². The lowest BCUT2D eigenvalue weighted by molar-refractivity contribution is -0.515. The summed E-state index contributed by atoms with van der Waals surface area (Å²) in [6.07, 6.45) is -19.5. The van der Waals surface area contributed by atoms with Gasteiger partial charge in [-0.25, -0.2) is 43.0 Å². The van der Waals surface area contributed by atoms with Crippen molar-refractivity contribution in [3.05, 3.63) is 75.9 Å². The third-order valence-corrected chi connectivity index (χ3v) is 14.0. The molecule has 23 nitrogen and oxygen atoms in total. The molecule has 0 bridgehead atoms. The summed E-state index contributed by atoms with van der Waals surface area (Å²) in [6.45, 7) is 16.4. The second-order valence-corrected chi connectivity index (χ2v) is 23.4. The average molecular weight is 1300 g/mol. The molecule has 4 unspecified atom stereocenters. The molecule has 90 heavy (non-hydrogen) atoms. The highest BCUT2D eigenvalue weighted by Crippen LogP contribution is 2.51. The van der Waals surface area contributed by atoms with Crippen LogP contribution in [0.4, 0.5) is 39.9 Å². The molecule has 0 spiro atoms. The third-order valence-electron chi connectivity index (χ3n) is 14.0. The molecule has 2 aliphatic carbocycles. The summed E-state index contributed by atoms with van der Waals surface area (Å²) in [7, 11) is 0. The van der Waals surface area contributed by atoms with Gasteiger partial charge in [0, 0.05) is 49.4 Å². The number of halogens is 8. The lowest BCUT2D eigenvalue weighted by Gasteiger charge is -2.46. The van der Waals surface area contributed by atoms with Gasteiger partial charge in [-0.05, 0) is 66.6 Å². The van der Waals surface area contributed by atoms with E-state index in [2.05, 4.69) is 63.7 Å². The van der Waals surface area contributed by atoms with Crippen molar-refractivity contribution in [3.63, 3.8) is 0 Å². The van der Waals surface area contributed by atoms with Gasteiger partial charge in [-0.15, -0.1) is 0 Å². The average Bonchev–Trinajstić information content (AvgIpc) is 0.845. The Bertz CT molecular complexity index is 2490. The fourth-order valence-corrected chi connectivity index (χ4v) is 10.3. The van der Waals surface area contributed by atoms with Crippen LogP contribution in [0.2, 0.25) is 0 Å². The van der Waals surface area contributed by atoms with Crippen molar-refractivity contribution in [1.82, 2.24) is 5.32 Å². The van der Waals surface area contributed by atoms with Crippen molar-refractivity contribution in [2.75, 3.05) is 72.6 Å². The quantitative estimate of drug-likeness (QED) is 0.0260. The fourth-order valence-electron chi connectivity index (χ4n) is 10.3. The lowest BCUT2D eigenvalue weighted by atomic mass is 9.59. The Labute approximate surface area is 514 Å². The predicted octanol–water partition coefficient (Wildman–Crippen LogP) is 8.68.